The topological polar surface area (TPSA) is 66.9 Å². The summed E-state index contributed by atoms with van der Waals surface area (Å²) in [4.78, 5) is 14.6. The van der Waals surface area contributed by atoms with Crippen molar-refractivity contribution in [3.8, 4) is 11.5 Å². The van der Waals surface area contributed by atoms with Gasteiger partial charge in [-0.1, -0.05) is 30.3 Å². The molecule has 6 nitrogen and oxygen atoms in total. The Hall–Kier alpha value is -2.68. The molecule has 0 unspecified atom stereocenters. The molecule has 0 saturated carbocycles. The molecule has 0 fully saturated rings. The molecule has 0 aliphatic carbocycles. The Labute approximate surface area is 184 Å². The molecule has 1 amide bonds. The fraction of sp³-hybridized carbons (Fsp3) is 0.136. The van der Waals surface area contributed by atoms with E-state index in [9.17, 15) is 13.2 Å². The van der Waals surface area contributed by atoms with Crippen LogP contribution in [0.5, 0.6) is 11.5 Å². The number of benzene rings is 3. The fourth-order valence-corrected chi connectivity index (χ4v) is 4.61. The average molecular weight is 489 g/mol. The van der Waals surface area contributed by atoms with Crippen LogP contribution < -0.4 is 9.64 Å². The lowest BCUT2D eigenvalue weighted by molar-refractivity contribution is 0.0992. The molecule has 3 aromatic carbocycles. The number of rotatable bonds is 6. The third kappa shape index (κ3) is 4.56. The predicted octanol–water partition coefficient (Wildman–Crippen LogP) is 4.77. The van der Waals surface area contributed by atoms with Crippen LogP contribution in [0.1, 0.15) is 10.4 Å². The largest absolute Gasteiger partial charge is 0.455 e. The Morgan fingerprint density at radius 2 is 1.53 bits per heavy atom. The molecular weight excluding hydrogens is 468 g/mol. The zero-order valence-electron chi connectivity index (χ0n) is 16.7. The van der Waals surface area contributed by atoms with E-state index in [0.717, 1.165) is 4.31 Å². The lowest BCUT2D eigenvalue weighted by Crippen LogP contribution is -2.27. The third-order valence-electron chi connectivity index (χ3n) is 4.44. The summed E-state index contributed by atoms with van der Waals surface area (Å²) in [7, 11) is 0.799. The van der Waals surface area contributed by atoms with E-state index in [1.54, 1.807) is 37.4 Å². The molecule has 0 aliphatic rings. The molecule has 8 heteroatoms. The van der Waals surface area contributed by atoms with Crippen molar-refractivity contribution in [2.45, 2.75) is 4.90 Å². The van der Waals surface area contributed by atoms with E-state index in [0.29, 0.717) is 21.7 Å². The molecule has 0 N–H and O–H groups in total. The van der Waals surface area contributed by atoms with Gasteiger partial charge in [-0.2, -0.15) is 0 Å². The molecule has 0 radical (unpaired) electrons. The van der Waals surface area contributed by atoms with Gasteiger partial charge in [0, 0.05) is 31.2 Å². The number of nitrogens with zero attached hydrogens (tertiary/aromatic N) is 2. The average Bonchev–Trinajstić information content (AvgIpc) is 2.74. The lowest BCUT2D eigenvalue weighted by Gasteiger charge is -2.21. The van der Waals surface area contributed by atoms with E-state index in [4.69, 9.17) is 4.74 Å². The van der Waals surface area contributed by atoms with Crippen LogP contribution in [0.15, 0.2) is 82.2 Å². The monoisotopic (exact) mass is 488 g/mol. The van der Waals surface area contributed by atoms with Crippen molar-refractivity contribution in [1.29, 1.82) is 0 Å². The van der Waals surface area contributed by atoms with E-state index in [1.807, 2.05) is 36.4 Å². The van der Waals surface area contributed by atoms with Crippen molar-refractivity contribution in [3.05, 3.63) is 82.8 Å². The minimum absolute atomic E-state index is 0.0283. The summed E-state index contributed by atoms with van der Waals surface area (Å²) in [6.07, 6.45) is 0. The Balaban J connectivity index is 1.96. The summed E-state index contributed by atoms with van der Waals surface area (Å²) in [6, 6.07) is 21.0. The third-order valence-corrected chi connectivity index (χ3v) is 7.25. The highest BCUT2D eigenvalue weighted by Crippen LogP contribution is 2.33. The zero-order chi connectivity index (χ0) is 21.9. The first-order valence-corrected chi connectivity index (χ1v) is 11.3. The summed E-state index contributed by atoms with van der Waals surface area (Å²) in [5.41, 5.74) is 0.807. The molecule has 0 aromatic heterocycles. The van der Waals surface area contributed by atoms with Crippen LogP contribution in [0.2, 0.25) is 0 Å². The summed E-state index contributed by atoms with van der Waals surface area (Å²) >= 11 is 3.26. The van der Waals surface area contributed by atoms with E-state index >= 15 is 0 Å². The maximum absolute atomic E-state index is 13.2. The maximum atomic E-state index is 13.2. The normalized spacial score (nSPS) is 11.4. The van der Waals surface area contributed by atoms with Crippen molar-refractivity contribution >= 4 is 37.5 Å². The van der Waals surface area contributed by atoms with Gasteiger partial charge in [0.15, 0.2) is 5.75 Å². The molecule has 0 heterocycles. The number of carbonyl (C=O) groups is 1. The number of para-hydroxylation sites is 3. The summed E-state index contributed by atoms with van der Waals surface area (Å²) < 4.78 is 32.6. The van der Waals surface area contributed by atoms with Crippen LogP contribution in [-0.4, -0.2) is 39.8 Å². The van der Waals surface area contributed by atoms with Crippen molar-refractivity contribution < 1.29 is 17.9 Å². The second-order valence-corrected chi connectivity index (χ2v) is 9.65. The highest BCUT2D eigenvalue weighted by Gasteiger charge is 2.24. The van der Waals surface area contributed by atoms with Gasteiger partial charge in [0.1, 0.15) is 5.75 Å². The van der Waals surface area contributed by atoms with Crippen LogP contribution in [0.4, 0.5) is 5.69 Å². The van der Waals surface area contributed by atoms with Gasteiger partial charge >= 0.3 is 0 Å². The van der Waals surface area contributed by atoms with Crippen LogP contribution in [0, 0.1) is 0 Å². The van der Waals surface area contributed by atoms with Crippen LogP contribution in [-0.2, 0) is 10.0 Å². The number of carbonyl (C=O) groups excluding carboxylic acids is 1. The van der Waals surface area contributed by atoms with Gasteiger partial charge in [0.25, 0.3) is 5.91 Å². The Bertz CT molecular complexity index is 1160. The summed E-state index contributed by atoms with van der Waals surface area (Å²) in [6.45, 7) is 0. The SMILES string of the molecule is CN(C(=O)c1ccc(Br)c(S(=O)(=O)N(C)C)c1)c1ccccc1Oc1ccccc1. The molecule has 156 valence electrons. The van der Waals surface area contributed by atoms with Crippen molar-refractivity contribution in [3.63, 3.8) is 0 Å². The van der Waals surface area contributed by atoms with Gasteiger partial charge in [-0.3, -0.25) is 4.79 Å². The van der Waals surface area contributed by atoms with Crippen molar-refractivity contribution in [2.75, 3.05) is 26.0 Å². The highest BCUT2D eigenvalue weighted by atomic mass is 79.9. The molecular formula is C22H21BrN2O4S. The molecule has 0 atom stereocenters. The maximum Gasteiger partial charge on any atom is 0.258 e. The molecule has 0 bridgehead atoms. The van der Waals surface area contributed by atoms with Gasteiger partial charge in [-0.05, 0) is 58.4 Å². The number of amides is 1. The molecule has 3 rings (SSSR count). The molecule has 30 heavy (non-hydrogen) atoms. The molecule has 0 saturated heterocycles. The zero-order valence-corrected chi connectivity index (χ0v) is 19.1. The van der Waals surface area contributed by atoms with E-state index in [2.05, 4.69) is 15.9 Å². The standard InChI is InChI=1S/C22H21BrN2O4S/c1-24(2)30(27,28)21-15-16(13-14-18(21)23)22(26)25(3)19-11-7-8-12-20(19)29-17-9-5-4-6-10-17/h4-15H,1-3H3. The Morgan fingerprint density at radius 3 is 2.20 bits per heavy atom. The van der Waals surface area contributed by atoms with Crippen LogP contribution in [0.3, 0.4) is 0 Å². The fourth-order valence-electron chi connectivity index (χ4n) is 2.77. The quantitative estimate of drug-likeness (QED) is 0.501. The first-order valence-electron chi connectivity index (χ1n) is 9.04. The first kappa shape index (κ1) is 22.0. The smallest absolute Gasteiger partial charge is 0.258 e. The van der Waals surface area contributed by atoms with Gasteiger partial charge in [-0.15, -0.1) is 0 Å². The second kappa shape index (κ2) is 8.99. The Morgan fingerprint density at radius 1 is 0.900 bits per heavy atom. The van der Waals surface area contributed by atoms with Crippen molar-refractivity contribution in [2.24, 2.45) is 0 Å². The highest BCUT2D eigenvalue weighted by molar-refractivity contribution is 9.10. The predicted molar refractivity (Wildman–Crippen MR) is 121 cm³/mol. The van der Waals surface area contributed by atoms with Gasteiger partial charge < -0.3 is 9.64 Å². The lowest BCUT2D eigenvalue weighted by atomic mass is 10.2. The number of hydrogen-bond donors (Lipinski definition) is 0. The van der Waals surface area contributed by atoms with Gasteiger partial charge in [-0.25, -0.2) is 12.7 Å². The summed E-state index contributed by atoms with van der Waals surface area (Å²) in [5.74, 6) is 0.799. The number of ether oxygens (including phenoxy) is 1. The first-order chi connectivity index (χ1) is 14.2. The van der Waals surface area contributed by atoms with E-state index in [-0.39, 0.29) is 16.4 Å². The minimum atomic E-state index is -3.71. The minimum Gasteiger partial charge on any atom is -0.455 e. The number of anilines is 1. The van der Waals surface area contributed by atoms with Crippen molar-refractivity contribution in [1.82, 2.24) is 4.31 Å². The molecule has 0 spiro atoms. The number of halogens is 1. The molecule has 0 aliphatic heterocycles. The number of hydrogen-bond acceptors (Lipinski definition) is 4. The van der Waals surface area contributed by atoms with Gasteiger partial charge in [0.2, 0.25) is 10.0 Å². The Kier molecular flexibility index (Phi) is 6.60. The second-order valence-electron chi connectivity index (χ2n) is 6.68. The summed E-state index contributed by atoms with van der Waals surface area (Å²) in [5, 5.41) is 0. The number of sulfonamides is 1. The van der Waals surface area contributed by atoms with E-state index < -0.39 is 10.0 Å². The van der Waals surface area contributed by atoms with E-state index in [1.165, 1.54) is 25.1 Å². The molecule has 3 aromatic rings. The van der Waals surface area contributed by atoms with Gasteiger partial charge in [0.05, 0.1) is 10.6 Å². The van der Waals surface area contributed by atoms with Crippen LogP contribution in [0.25, 0.3) is 0 Å². The van der Waals surface area contributed by atoms with Crippen LogP contribution >= 0.6 is 15.9 Å².